The van der Waals surface area contributed by atoms with Crippen LogP contribution < -0.4 is 0 Å². The van der Waals surface area contributed by atoms with Crippen molar-refractivity contribution in [1.82, 2.24) is 20.0 Å². The summed E-state index contributed by atoms with van der Waals surface area (Å²) in [5, 5.41) is 7.37. The summed E-state index contributed by atoms with van der Waals surface area (Å²) in [5.41, 5.74) is 2.78. The van der Waals surface area contributed by atoms with E-state index in [9.17, 15) is 4.79 Å². The van der Waals surface area contributed by atoms with E-state index < -0.39 is 0 Å². The minimum atomic E-state index is -0.0346. The number of carbonyl (C=O) groups is 1. The molecule has 2 atom stereocenters. The number of nitrogens with zero attached hydrogens (tertiary/aromatic N) is 3. The number of aromatic nitrogens is 2. The fourth-order valence-corrected chi connectivity index (χ4v) is 4.33. The zero-order chi connectivity index (χ0) is 17.6. The number of fused-ring (bicyclic) bond motifs is 1. The number of nitrogens with one attached hydrogen (secondary N) is 1. The Labute approximate surface area is 148 Å². The van der Waals surface area contributed by atoms with Gasteiger partial charge in [-0.3, -0.25) is 14.8 Å². The number of piperazine rings is 1. The molecule has 1 amide bonds. The van der Waals surface area contributed by atoms with Gasteiger partial charge in [-0.2, -0.15) is 5.10 Å². The number of carbonyl (C=O) groups excluding carboxylic acids is 1. The topological polar surface area (TPSA) is 70.7 Å². The fourth-order valence-electron chi connectivity index (χ4n) is 4.33. The van der Waals surface area contributed by atoms with Crippen LogP contribution in [0, 0.1) is 0 Å². The van der Waals surface area contributed by atoms with Gasteiger partial charge in [0.15, 0.2) is 5.69 Å². The Balaban J connectivity index is 1.45. The van der Waals surface area contributed by atoms with Gasteiger partial charge in [0.25, 0.3) is 5.91 Å². The summed E-state index contributed by atoms with van der Waals surface area (Å²) in [6.07, 6.45) is 1.93. The van der Waals surface area contributed by atoms with E-state index in [0.29, 0.717) is 5.69 Å². The van der Waals surface area contributed by atoms with Gasteiger partial charge in [-0.15, -0.1) is 0 Å². The van der Waals surface area contributed by atoms with Crippen molar-refractivity contribution in [3.63, 3.8) is 0 Å². The Morgan fingerprint density at radius 1 is 1.28 bits per heavy atom. The minimum Gasteiger partial charge on any atom is -0.377 e. The van der Waals surface area contributed by atoms with Crippen molar-refractivity contribution in [2.75, 3.05) is 39.4 Å². The first-order valence-corrected chi connectivity index (χ1v) is 9.39. The zero-order valence-electron chi connectivity index (χ0n) is 15.4. The van der Waals surface area contributed by atoms with Crippen molar-refractivity contribution in [3.8, 4) is 0 Å². The van der Waals surface area contributed by atoms with Crippen LogP contribution in [0.3, 0.4) is 0 Å². The molecule has 4 heterocycles. The largest absolute Gasteiger partial charge is 0.377 e. The van der Waals surface area contributed by atoms with Gasteiger partial charge in [0.2, 0.25) is 0 Å². The van der Waals surface area contributed by atoms with E-state index in [1.54, 1.807) is 0 Å². The zero-order valence-corrected chi connectivity index (χ0v) is 15.4. The first-order valence-electron chi connectivity index (χ1n) is 9.39. The number of H-pyrrole nitrogens is 1. The maximum atomic E-state index is 13.0. The molecule has 7 nitrogen and oxygen atoms in total. The van der Waals surface area contributed by atoms with Crippen LogP contribution in [-0.4, -0.2) is 76.9 Å². The second-order valence-corrected chi connectivity index (χ2v) is 7.61. The van der Waals surface area contributed by atoms with E-state index in [1.165, 1.54) is 0 Å². The standard InChI is InChI=1S/C18H28N4O3/c1-4-18(10-24-11-18)22-7-5-21(6-8-22)17(23)16-14-9-12(2)25-13(3)15(14)19-20-16/h12-13H,4-11H2,1-3H3,(H,19,20)/t12-,13+/m0/s1. The monoisotopic (exact) mass is 348 g/mol. The normalized spacial score (nSPS) is 29.2. The summed E-state index contributed by atoms with van der Waals surface area (Å²) in [7, 11) is 0. The summed E-state index contributed by atoms with van der Waals surface area (Å²) in [5.74, 6) is 0.0499. The molecule has 2 fully saturated rings. The molecular weight excluding hydrogens is 320 g/mol. The summed E-state index contributed by atoms with van der Waals surface area (Å²) in [6.45, 7) is 11.2. The van der Waals surface area contributed by atoms with Crippen LogP contribution in [0.15, 0.2) is 0 Å². The Bertz CT molecular complexity index is 641. The highest BCUT2D eigenvalue weighted by Gasteiger charge is 2.44. The third-order valence-corrected chi connectivity index (χ3v) is 6.07. The molecule has 138 valence electrons. The molecular formula is C18H28N4O3. The highest BCUT2D eigenvalue weighted by atomic mass is 16.5. The molecule has 0 unspecified atom stereocenters. The van der Waals surface area contributed by atoms with Crippen LogP contribution in [0.25, 0.3) is 0 Å². The second kappa shape index (κ2) is 6.37. The number of hydrogen-bond donors (Lipinski definition) is 1. The summed E-state index contributed by atoms with van der Waals surface area (Å²) < 4.78 is 11.3. The van der Waals surface area contributed by atoms with E-state index >= 15 is 0 Å². The molecule has 3 aliphatic rings. The third kappa shape index (κ3) is 2.78. The SMILES string of the molecule is CCC1(N2CCN(C(=O)c3n[nH]c4c3C[C@H](C)O[C@@H]4C)CC2)COC1. The highest BCUT2D eigenvalue weighted by molar-refractivity contribution is 5.94. The first-order chi connectivity index (χ1) is 12.0. The molecule has 7 heteroatoms. The van der Waals surface area contributed by atoms with E-state index in [-0.39, 0.29) is 23.7 Å². The van der Waals surface area contributed by atoms with Crippen LogP contribution in [-0.2, 0) is 15.9 Å². The van der Waals surface area contributed by atoms with Crippen molar-refractivity contribution >= 4 is 5.91 Å². The van der Waals surface area contributed by atoms with Gasteiger partial charge < -0.3 is 14.4 Å². The molecule has 3 aliphatic heterocycles. The van der Waals surface area contributed by atoms with E-state index in [1.807, 2.05) is 18.7 Å². The van der Waals surface area contributed by atoms with Gasteiger partial charge in [-0.25, -0.2) is 0 Å². The lowest BCUT2D eigenvalue weighted by molar-refractivity contribution is -0.149. The number of aromatic amines is 1. The van der Waals surface area contributed by atoms with Gasteiger partial charge in [-0.1, -0.05) is 6.92 Å². The van der Waals surface area contributed by atoms with Crippen molar-refractivity contribution in [3.05, 3.63) is 17.0 Å². The van der Waals surface area contributed by atoms with Crippen molar-refractivity contribution < 1.29 is 14.3 Å². The van der Waals surface area contributed by atoms with Crippen LogP contribution in [0.1, 0.15) is 55.0 Å². The van der Waals surface area contributed by atoms with E-state index in [0.717, 1.165) is 63.5 Å². The maximum Gasteiger partial charge on any atom is 0.274 e. The highest BCUT2D eigenvalue weighted by Crippen LogP contribution is 2.32. The first kappa shape index (κ1) is 17.0. The Hall–Kier alpha value is -1.44. The lowest BCUT2D eigenvalue weighted by Gasteiger charge is -2.52. The fraction of sp³-hybridized carbons (Fsp3) is 0.778. The molecule has 25 heavy (non-hydrogen) atoms. The average molecular weight is 348 g/mol. The summed E-state index contributed by atoms with van der Waals surface area (Å²) in [6, 6.07) is 0. The molecule has 4 rings (SSSR count). The molecule has 0 radical (unpaired) electrons. The van der Waals surface area contributed by atoms with Crippen LogP contribution in [0.5, 0.6) is 0 Å². The van der Waals surface area contributed by atoms with Gasteiger partial charge in [0.1, 0.15) is 0 Å². The van der Waals surface area contributed by atoms with Gasteiger partial charge in [-0.05, 0) is 20.3 Å². The molecule has 2 saturated heterocycles. The van der Waals surface area contributed by atoms with Crippen molar-refractivity contribution in [2.24, 2.45) is 0 Å². The maximum absolute atomic E-state index is 13.0. The number of amides is 1. The van der Waals surface area contributed by atoms with Crippen molar-refractivity contribution in [2.45, 2.75) is 51.4 Å². The molecule has 1 N–H and O–H groups in total. The van der Waals surface area contributed by atoms with Crippen LogP contribution in [0.4, 0.5) is 0 Å². The molecule has 0 spiro atoms. The number of rotatable bonds is 3. The smallest absolute Gasteiger partial charge is 0.274 e. The van der Waals surface area contributed by atoms with Crippen molar-refractivity contribution in [1.29, 1.82) is 0 Å². The minimum absolute atomic E-state index is 0.0346. The third-order valence-electron chi connectivity index (χ3n) is 6.07. The Kier molecular flexibility index (Phi) is 4.33. The van der Waals surface area contributed by atoms with Gasteiger partial charge >= 0.3 is 0 Å². The molecule has 0 saturated carbocycles. The van der Waals surface area contributed by atoms with Crippen LogP contribution >= 0.6 is 0 Å². The van der Waals surface area contributed by atoms with Gasteiger partial charge in [0.05, 0.1) is 36.7 Å². The number of ether oxygens (including phenoxy) is 2. The molecule has 0 aliphatic carbocycles. The predicted octanol–water partition coefficient (Wildman–Crippen LogP) is 1.37. The summed E-state index contributed by atoms with van der Waals surface area (Å²) >= 11 is 0. The quantitative estimate of drug-likeness (QED) is 0.893. The lowest BCUT2D eigenvalue weighted by Crippen LogP contribution is -2.66. The lowest BCUT2D eigenvalue weighted by atomic mass is 9.91. The van der Waals surface area contributed by atoms with Crippen LogP contribution in [0.2, 0.25) is 0 Å². The summed E-state index contributed by atoms with van der Waals surface area (Å²) in [4.78, 5) is 17.5. The van der Waals surface area contributed by atoms with E-state index in [4.69, 9.17) is 9.47 Å². The molecule has 1 aromatic heterocycles. The second-order valence-electron chi connectivity index (χ2n) is 7.61. The average Bonchev–Trinajstić information content (AvgIpc) is 2.98. The number of hydrogen-bond acceptors (Lipinski definition) is 5. The molecule has 0 bridgehead atoms. The Morgan fingerprint density at radius 2 is 2.00 bits per heavy atom. The van der Waals surface area contributed by atoms with Gasteiger partial charge in [0, 0.05) is 38.2 Å². The molecule has 0 aromatic carbocycles. The van der Waals surface area contributed by atoms with E-state index in [2.05, 4.69) is 22.0 Å². The Morgan fingerprint density at radius 3 is 2.60 bits per heavy atom. The predicted molar refractivity (Wildman–Crippen MR) is 92.6 cm³/mol. The molecule has 1 aromatic rings.